The number of hydrogen-bond acceptors (Lipinski definition) is 7. The summed E-state index contributed by atoms with van der Waals surface area (Å²) in [5.74, 6) is 0.456. The Kier molecular flexibility index (Phi) is 11.6. The van der Waals surface area contributed by atoms with E-state index in [1.54, 1.807) is 0 Å². The van der Waals surface area contributed by atoms with Gasteiger partial charge in [0.15, 0.2) is 0 Å². The smallest absolute Gasteiger partial charge is 0.416 e. The Bertz CT molecular complexity index is 1180. The molecule has 0 spiro atoms. The van der Waals surface area contributed by atoms with Gasteiger partial charge in [-0.1, -0.05) is 42.5 Å². The number of nitrogens with zero attached hydrogens (tertiary/aromatic N) is 2. The van der Waals surface area contributed by atoms with Crippen molar-refractivity contribution in [2.24, 2.45) is 17.2 Å². The summed E-state index contributed by atoms with van der Waals surface area (Å²) in [5.41, 5.74) is 19.3. The molecule has 0 radical (unpaired) electrons. The van der Waals surface area contributed by atoms with Crippen molar-refractivity contribution >= 4 is 17.7 Å². The monoisotopic (exact) mass is 579 g/mol. The second kappa shape index (κ2) is 14.6. The molecule has 2 atom stereocenters. The van der Waals surface area contributed by atoms with Gasteiger partial charge in [0.2, 0.25) is 11.8 Å². The van der Waals surface area contributed by atoms with Crippen LogP contribution in [0.25, 0.3) is 0 Å². The highest BCUT2D eigenvalue weighted by Crippen LogP contribution is 2.30. The number of thioether (sulfide) groups is 1. The number of carbonyl (C=O) groups is 1. The number of oxazole rings is 1. The lowest BCUT2D eigenvalue weighted by atomic mass is 10.0. The van der Waals surface area contributed by atoms with Crippen LogP contribution in [0.15, 0.2) is 65.3 Å². The topological polar surface area (TPSA) is 133 Å². The van der Waals surface area contributed by atoms with Crippen LogP contribution in [0, 0.1) is 0 Å². The predicted molar refractivity (Wildman–Crippen MR) is 151 cm³/mol. The number of nitrogens with one attached hydrogen (secondary N) is 1. The highest BCUT2D eigenvalue weighted by molar-refractivity contribution is 8.00. The van der Waals surface area contributed by atoms with Gasteiger partial charge in [-0.05, 0) is 23.3 Å². The number of benzene rings is 2. The van der Waals surface area contributed by atoms with Crippen molar-refractivity contribution in [3.05, 3.63) is 89.1 Å². The molecule has 2 aromatic carbocycles. The molecule has 0 bridgehead atoms. The van der Waals surface area contributed by atoms with E-state index in [4.69, 9.17) is 21.6 Å². The Morgan fingerprint density at radius 3 is 2.27 bits per heavy atom. The van der Waals surface area contributed by atoms with Crippen LogP contribution in [0.5, 0.6) is 0 Å². The average Bonchev–Trinajstić information content (AvgIpc) is 3.37. The van der Waals surface area contributed by atoms with Gasteiger partial charge in [-0.15, -0.1) is 11.8 Å². The summed E-state index contributed by atoms with van der Waals surface area (Å²) in [6, 6.07) is 13.8. The molecule has 8 nitrogen and oxygen atoms in total. The third-order valence-corrected chi connectivity index (χ3v) is 7.65. The number of rotatable bonds is 15. The Balaban J connectivity index is 1.71. The summed E-state index contributed by atoms with van der Waals surface area (Å²) >= 11 is 1.31. The van der Waals surface area contributed by atoms with E-state index in [1.165, 1.54) is 30.2 Å². The van der Waals surface area contributed by atoms with Crippen molar-refractivity contribution in [3.63, 3.8) is 0 Å². The van der Waals surface area contributed by atoms with Crippen molar-refractivity contribution in [3.8, 4) is 0 Å². The number of likely N-dealkylation sites (N-methyl/N-ethyl adjacent to an activating group) is 1. The summed E-state index contributed by atoms with van der Waals surface area (Å²) in [5, 5.41) is 2.03. The van der Waals surface area contributed by atoms with Crippen LogP contribution in [0.4, 0.5) is 13.2 Å². The van der Waals surface area contributed by atoms with Gasteiger partial charge in [0.25, 0.3) is 0 Å². The first-order valence-electron chi connectivity index (χ1n) is 13.1. The minimum absolute atomic E-state index is 0.175. The summed E-state index contributed by atoms with van der Waals surface area (Å²) in [4.78, 5) is 17.7. The molecule has 218 valence electrons. The standard InChI is InChI=1S/C28H37F3N6O2S/c1-37(13-11-32,14-12-33)15-16-40-25(34)26(38)36-24(18-21-7-9-22(10-8-21)28(29,30)31)27-35-23(19-39-27)17-20-5-3-2-4-6-20/h2-10,19,24-25H,11-18,32-34H2,1H3/p+1/t24-,25+/m1/s1. The molecule has 0 aliphatic rings. The van der Waals surface area contributed by atoms with Gasteiger partial charge in [0.05, 0.1) is 37.9 Å². The summed E-state index contributed by atoms with van der Waals surface area (Å²) in [7, 11) is 2.07. The maximum absolute atomic E-state index is 13.1. The van der Waals surface area contributed by atoms with Crippen LogP contribution in [-0.4, -0.2) is 66.3 Å². The maximum Gasteiger partial charge on any atom is 0.416 e. The highest BCUT2D eigenvalue weighted by atomic mass is 32.2. The number of hydrogen-bond donors (Lipinski definition) is 4. The van der Waals surface area contributed by atoms with E-state index in [2.05, 4.69) is 17.3 Å². The van der Waals surface area contributed by atoms with E-state index in [0.29, 0.717) is 41.0 Å². The van der Waals surface area contributed by atoms with Gasteiger partial charge in [-0.3, -0.25) is 4.79 Å². The minimum atomic E-state index is -4.44. The molecular weight excluding hydrogens is 541 g/mol. The van der Waals surface area contributed by atoms with E-state index < -0.39 is 29.1 Å². The molecule has 0 saturated heterocycles. The van der Waals surface area contributed by atoms with Crippen molar-refractivity contribution in [1.29, 1.82) is 0 Å². The van der Waals surface area contributed by atoms with Gasteiger partial charge < -0.3 is 31.4 Å². The Labute approximate surface area is 237 Å². The Hall–Kier alpha value is -2.90. The van der Waals surface area contributed by atoms with Crippen molar-refractivity contribution in [1.82, 2.24) is 10.3 Å². The van der Waals surface area contributed by atoms with Crippen LogP contribution < -0.4 is 22.5 Å². The molecule has 0 fully saturated rings. The molecule has 3 rings (SSSR count). The molecule has 0 unspecified atom stereocenters. The van der Waals surface area contributed by atoms with Crippen molar-refractivity contribution in [2.75, 3.05) is 45.5 Å². The average molecular weight is 580 g/mol. The zero-order valence-corrected chi connectivity index (χ0v) is 23.4. The van der Waals surface area contributed by atoms with Crippen molar-refractivity contribution < 1.29 is 26.9 Å². The van der Waals surface area contributed by atoms with Gasteiger partial charge in [0, 0.05) is 31.7 Å². The SMILES string of the molecule is C[N+](CCN)(CCN)CCS[C@H](N)C(=O)N[C@H](Cc1ccc(C(F)(F)F)cc1)c1nc(Cc2ccccc2)co1. The van der Waals surface area contributed by atoms with Crippen LogP contribution in [0.3, 0.4) is 0 Å². The summed E-state index contributed by atoms with van der Waals surface area (Å²) in [6.07, 6.45) is -2.21. The zero-order valence-electron chi connectivity index (χ0n) is 22.6. The third-order valence-electron chi connectivity index (χ3n) is 6.66. The van der Waals surface area contributed by atoms with Crippen LogP contribution >= 0.6 is 11.8 Å². The van der Waals surface area contributed by atoms with E-state index in [0.717, 1.165) is 37.3 Å². The van der Waals surface area contributed by atoms with Gasteiger partial charge in [-0.25, -0.2) is 4.98 Å². The number of alkyl halides is 3. The molecule has 0 aliphatic carbocycles. The Morgan fingerprint density at radius 1 is 1.02 bits per heavy atom. The third kappa shape index (κ3) is 9.63. The van der Waals surface area contributed by atoms with Gasteiger partial charge in [-0.2, -0.15) is 13.2 Å². The molecule has 1 heterocycles. The Morgan fingerprint density at radius 2 is 1.68 bits per heavy atom. The summed E-state index contributed by atoms with van der Waals surface area (Å²) in [6.45, 7) is 3.34. The van der Waals surface area contributed by atoms with E-state index >= 15 is 0 Å². The largest absolute Gasteiger partial charge is 0.446 e. The number of halogens is 3. The maximum atomic E-state index is 13.1. The molecule has 12 heteroatoms. The lowest BCUT2D eigenvalue weighted by molar-refractivity contribution is -0.904. The molecular formula is C28H38F3N6O2S+. The van der Waals surface area contributed by atoms with Crippen LogP contribution in [0.1, 0.15) is 34.3 Å². The number of amides is 1. The number of carbonyl (C=O) groups excluding carboxylic acids is 1. The molecule has 0 saturated carbocycles. The predicted octanol–water partition coefficient (Wildman–Crippen LogP) is 3.07. The van der Waals surface area contributed by atoms with E-state index in [1.807, 2.05) is 30.3 Å². The minimum Gasteiger partial charge on any atom is -0.446 e. The molecule has 7 N–H and O–H groups in total. The van der Waals surface area contributed by atoms with E-state index in [9.17, 15) is 18.0 Å². The van der Waals surface area contributed by atoms with Crippen molar-refractivity contribution in [2.45, 2.75) is 30.4 Å². The fourth-order valence-corrected chi connectivity index (χ4v) is 5.34. The highest BCUT2D eigenvalue weighted by Gasteiger charge is 2.30. The quantitative estimate of drug-likeness (QED) is 0.161. The normalized spacial score (nSPS) is 13.7. The number of quaternary nitrogens is 1. The molecule has 40 heavy (non-hydrogen) atoms. The first-order chi connectivity index (χ1) is 19.0. The lowest BCUT2D eigenvalue weighted by Crippen LogP contribution is -2.51. The van der Waals surface area contributed by atoms with Gasteiger partial charge in [0.1, 0.15) is 17.7 Å². The van der Waals surface area contributed by atoms with Crippen LogP contribution in [0.2, 0.25) is 0 Å². The second-order valence-electron chi connectivity index (χ2n) is 9.96. The molecule has 0 aliphatic heterocycles. The van der Waals surface area contributed by atoms with E-state index in [-0.39, 0.29) is 12.3 Å². The summed E-state index contributed by atoms with van der Waals surface area (Å²) < 4.78 is 45.5. The van der Waals surface area contributed by atoms with Gasteiger partial charge >= 0.3 is 6.18 Å². The number of aromatic nitrogens is 1. The zero-order chi connectivity index (χ0) is 29.2. The molecule has 1 aromatic heterocycles. The lowest BCUT2D eigenvalue weighted by Gasteiger charge is -2.34. The van der Waals surface area contributed by atoms with Crippen LogP contribution in [-0.2, 0) is 23.8 Å². The fourth-order valence-electron chi connectivity index (χ4n) is 4.32. The molecule has 3 aromatic rings. The second-order valence-corrected chi connectivity index (χ2v) is 11.2. The molecule has 1 amide bonds. The first-order valence-corrected chi connectivity index (χ1v) is 14.1. The number of nitrogens with two attached hydrogens (primary N) is 3. The first kappa shape index (κ1) is 31.6. The fraction of sp³-hybridized carbons (Fsp3) is 0.429.